The van der Waals surface area contributed by atoms with Gasteiger partial charge >= 0.3 is 0 Å². The van der Waals surface area contributed by atoms with Gasteiger partial charge in [-0.15, -0.1) is 0 Å². The van der Waals surface area contributed by atoms with Crippen LogP contribution in [-0.4, -0.2) is 33.8 Å². The summed E-state index contributed by atoms with van der Waals surface area (Å²) in [5, 5.41) is 3.50. The van der Waals surface area contributed by atoms with E-state index in [4.69, 9.17) is 4.74 Å². The first-order valence-electron chi connectivity index (χ1n) is 7.20. The van der Waals surface area contributed by atoms with E-state index >= 15 is 0 Å². The molecule has 0 aliphatic carbocycles. The summed E-state index contributed by atoms with van der Waals surface area (Å²) in [5.41, 5.74) is 1.15. The molecule has 0 amide bonds. The molecule has 0 aromatic heterocycles. The monoisotopic (exact) mass is 264 g/mol. The molecule has 0 spiro atoms. The summed E-state index contributed by atoms with van der Waals surface area (Å²) in [4.78, 5) is 2.23. The second kappa shape index (κ2) is 8.81. The maximum Gasteiger partial charge on any atom is 0.142 e. The molecule has 0 saturated heterocycles. The molecular weight excluding hydrogens is 236 g/mol. The van der Waals surface area contributed by atoms with Gasteiger partial charge < -0.3 is 15.0 Å². The van der Waals surface area contributed by atoms with E-state index in [-0.39, 0.29) is 0 Å². The van der Waals surface area contributed by atoms with Crippen LogP contribution in [0.5, 0.6) is 5.75 Å². The number of hydrogen-bond acceptors (Lipinski definition) is 3. The first kappa shape index (κ1) is 15.8. The molecule has 0 aliphatic rings. The molecule has 3 nitrogen and oxygen atoms in total. The van der Waals surface area contributed by atoms with Crippen molar-refractivity contribution in [1.82, 2.24) is 5.32 Å². The van der Waals surface area contributed by atoms with Crippen LogP contribution in [0.2, 0.25) is 0 Å². The molecular formula is C16H28N2O. The average molecular weight is 264 g/mol. The number of anilines is 1. The van der Waals surface area contributed by atoms with E-state index in [1.807, 2.05) is 18.2 Å². The summed E-state index contributed by atoms with van der Waals surface area (Å²) in [7, 11) is 3.82. The first-order valence-corrected chi connectivity index (χ1v) is 7.20. The zero-order valence-electron chi connectivity index (χ0n) is 12.8. The van der Waals surface area contributed by atoms with Gasteiger partial charge in [0, 0.05) is 20.1 Å². The van der Waals surface area contributed by atoms with E-state index in [1.165, 1.54) is 12.8 Å². The number of hydrogen-bond donors (Lipinski definition) is 1. The third kappa shape index (κ3) is 5.97. The van der Waals surface area contributed by atoms with E-state index in [0.717, 1.165) is 37.0 Å². The Morgan fingerprint density at radius 3 is 2.63 bits per heavy atom. The number of para-hydroxylation sites is 2. The molecule has 0 unspecified atom stereocenters. The van der Waals surface area contributed by atoms with E-state index < -0.39 is 0 Å². The molecule has 0 bridgehead atoms. The van der Waals surface area contributed by atoms with Gasteiger partial charge in [-0.05, 0) is 37.4 Å². The van der Waals surface area contributed by atoms with Crippen LogP contribution >= 0.6 is 0 Å². The van der Waals surface area contributed by atoms with Gasteiger partial charge in [0.2, 0.25) is 0 Å². The molecule has 108 valence electrons. The van der Waals surface area contributed by atoms with Crippen LogP contribution in [0.3, 0.4) is 0 Å². The molecule has 19 heavy (non-hydrogen) atoms. The van der Waals surface area contributed by atoms with Gasteiger partial charge in [0.1, 0.15) is 5.75 Å². The fourth-order valence-corrected chi connectivity index (χ4v) is 2.07. The Kier molecular flexibility index (Phi) is 7.34. The van der Waals surface area contributed by atoms with Gasteiger partial charge in [-0.1, -0.05) is 26.0 Å². The predicted molar refractivity (Wildman–Crippen MR) is 83.2 cm³/mol. The molecule has 1 N–H and O–H groups in total. The molecule has 0 fully saturated rings. The second-order valence-corrected chi connectivity index (χ2v) is 5.38. The topological polar surface area (TPSA) is 24.5 Å². The molecule has 0 heterocycles. The fraction of sp³-hybridized carbons (Fsp3) is 0.625. The number of nitrogens with zero attached hydrogens (tertiary/aromatic N) is 1. The van der Waals surface area contributed by atoms with Crippen molar-refractivity contribution in [3.63, 3.8) is 0 Å². The summed E-state index contributed by atoms with van der Waals surface area (Å²) < 4.78 is 5.38. The summed E-state index contributed by atoms with van der Waals surface area (Å²) in [6, 6.07) is 8.14. The lowest BCUT2D eigenvalue weighted by molar-refractivity contribution is 0.414. The van der Waals surface area contributed by atoms with E-state index in [2.05, 4.69) is 37.2 Å². The Hall–Kier alpha value is -1.22. The van der Waals surface area contributed by atoms with Gasteiger partial charge in [0.15, 0.2) is 0 Å². The number of nitrogens with one attached hydrogen (secondary N) is 1. The van der Waals surface area contributed by atoms with Gasteiger partial charge in [0.25, 0.3) is 0 Å². The van der Waals surface area contributed by atoms with Crippen molar-refractivity contribution >= 4 is 5.69 Å². The molecule has 1 aromatic carbocycles. The SMILES string of the molecule is COc1ccccc1N(C)CCNCCCC(C)C. The molecule has 0 saturated carbocycles. The highest BCUT2D eigenvalue weighted by Gasteiger charge is 2.06. The van der Waals surface area contributed by atoms with Gasteiger partial charge in [0.05, 0.1) is 12.8 Å². The number of likely N-dealkylation sites (N-methyl/N-ethyl adjacent to an activating group) is 1. The molecule has 1 aromatic rings. The van der Waals surface area contributed by atoms with Crippen molar-refractivity contribution in [1.29, 1.82) is 0 Å². The van der Waals surface area contributed by atoms with Crippen LogP contribution in [0.15, 0.2) is 24.3 Å². The standard InChI is InChI=1S/C16H28N2O/c1-14(2)8-7-11-17-12-13-18(3)15-9-5-6-10-16(15)19-4/h5-6,9-10,14,17H,7-8,11-13H2,1-4H3. The smallest absolute Gasteiger partial charge is 0.142 e. The highest BCUT2D eigenvalue weighted by Crippen LogP contribution is 2.25. The molecule has 3 heteroatoms. The Morgan fingerprint density at radius 1 is 1.21 bits per heavy atom. The van der Waals surface area contributed by atoms with Crippen molar-refractivity contribution in [3.8, 4) is 5.75 Å². The van der Waals surface area contributed by atoms with Crippen molar-refractivity contribution in [2.45, 2.75) is 26.7 Å². The molecule has 0 atom stereocenters. The first-order chi connectivity index (χ1) is 9.15. The quantitative estimate of drug-likeness (QED) is 0.693. The Labute approximate surface area is 118 Å². The van der Waals surface area contributed by atoms with Crippen molar-refractivity contribution < 1.29 is 4.74 Å². The highest BCUT2D eigenvalue weighted by atomic mass is 16.5. The summed E-state index contributed by atoms with van der Waals surface area (Å²) >= 11 is 0. The second-order valence-electron chi connectivity index (χ2n) is 5.38. The average Bonchev–Trinajstić information content (AvgIpc) is 2.42. The van der Waals surface area contributed by atoms with Crippen LogP contribution < -0.4 is 15.0 Å². The Morgan fingerprint density at radius 2 is 1.95 bits per heavy atom. The summed E-state index contributed by atoms with van der Waals surface area (Å²) in [5.74, 6) is 1.74. The van der Waals surface area contributed by atoms with Crippen molar-refractivity contribution in [2.75, 3.05) is 38.7 Å². The van der Waals surface area contributed by atoms with Crippen LogP contribution in [0.4, 0.5) is 5.69 Å². The third-order valence-corrected chi connectivity index (χ3v) is 3.26. The van der Waals surface area contributed by atoms with Crippen molar-refractivity contribution in [2.24, 2.45) is 5.92 Å². The minimum Gasteiger partial charge on any atom is -0.495 e. The largest absolute Gasteiger partial charge is 0.495 e. The van der Waals surface area contributed by atoms with Crippen LogP contribution in [0, 0.1) is 5.92 Å². The Balaban J connectivity index is 2.25. The number of methoxy groups -OCH3 is 1. The van der Waals surface area contributed by atoms with Crippen LogP contribution in [-0.2, 0) is 0 Å². The highest BCUT2D eigenvalue weighted by molar-refractivity contribution is 5.57. The number of ether oxygens (including phenoxy) is 1. The van der Waals surface area contributed by atoms with Crippen LogP contribution in [0.1, 0.15) is 26.7 Å². The lowest BCUT2D eigenvalue weighted by Gasteiger charge is -2.21. The lowest BCUT2D eigenvalue weighted by Crippen LogP contribution is -2.30. The fourth-order valence-electron chi connectivity index (χ4n) is 2.07. The zero-order chi connectivity index (χ0) is 14.1. The van der Waals surface area contributed by atoms with Gasteiger partial charge in [-0.3, -0.25) is 0 Å². The minimum atomic E-state index is 0.804. The van der Waals surface area contributed by atoms with E-state index in [0.29, 0.717) is 0 Å². The normalized spacial score (nSPS) is 10.8. The van der Waals surface area contributed by atoms with E-state index in [9.17, 15) is 0 Å². The van der Waals surface area contributed by atoms with E-state index in [1.54, 1.807) is 7.11 Å². The summed E-state index contributed by atoms with van der Waals surface area (Å²) in [6.45, 7) is 7.65. The number of rotatable bonds is 9. The van der Waals surface area contributed by atoms with Crippen LogP contribution in [0.25, 0.3) is 0 Å². The molecule has 0 radical (unpaired) electrons. The summed E-state index contributed by atoms with van der Waals surface area (Å²) in [6.07, 6.45) is 2.56. The zero-order valence-corrected chi connectivity index (χ0v) is 12.8. The van der Waals surface area contributed by atoms with Gasteiger partial charge in [-0.2, -0.15) is 0 Å². The van der Waals surface area contributed by atoms with Crippen molar-refractivity contribution in [3.05, 3.63) is 24.3 Å². The predicted octanol–water partition coefficient (Wildman–Crippen LogP) is 3.16. The molecule has 0 aliphatic heterocycles. The van der Waals surface area contributed by atoms with Gasteiger partial charge in [-0.25, -0.2) is 0 Å². The number of benzene rings is 1. The third-order valence-electron chi connectivity index (χ3n) is 3.26. The maximum atomic E-state index is 5.38. The lowest BCUT2D eigenvalue weighted by atomic mass is 10.1. The molecule has 1 rings (SSSR count). The maximum absolute atomic E-state index is 5.38. The minimum absolute atomic E-state index is 0.804. The Bertz CT molecular complexity index is 352.